The maximum atomic E-state index is 13.1. The zero-order chi connectivity index (χ0) is 18.7. The van der Waals surface area contributed by atoms with Crippen LogP contribution in [0.3, 0.4) is 0 Å². The van der Waals surface area contributed by atoms with Gasteiger partial charge in [0.15, 0.2) is 0 Å². The molecule has 1 fully saturated rings. The number of amides is 1. The first kappa shape index (κ1) is 18.9. The van der Waals surface area contributed by atoms with Gasteiger partial charge in [-0.1, -0.05) is 18.5 Å². The predicted octanol–water partition coefficient (Wildman–Crippen LogP) is 3.58. The molecule has 5 nitrogen and oxygen atoms in total. The molecule has 0 spiro atoms. The van der Waals surface area contributed by atoms with E-state index in [4.69, 9.17) is 11.6 Å². The van der Waals surface area contributed by atoms with Gasteiger partial charge in [-0.05, 0) is 63.5 Å². The molecule has 1 aliphatic heterocycles. The molecule has 140 valence electrons. The fourth-order valence-electron chi connectivity index (χ4n) is 3.45. The minimum Gasteiger partial charge on any atom is -0.350 e. The fourth-order valence-corrected chi connectivity index (χ4v) is 3.81. The first-order valence-corrected chi connectivity index (χ1v) is 9.42. The average Bonchev–Trinajstić information content (AvgIpc) is 3.25. The van der Waals surface area contributed by atoms with Crippen molar-refractivity contribution in [3.63, 3.8) is 0 Å². The molecule has 1 saturated heterocycles. The van der Waals surface area contributed by atoms with Crippen molar-refractivity contribution in [2.45, 2.75) is 39.2 Å². The van der Waals surface area contributed by atoms with E-state index in [0.29, 0.717) is 29.5 Å². The van der Waals surface area contributed by atoms with E-state index in [-0.39, 0.29) is 16.9 Å². The predicted molar refractivity (Wildman–Crippen MR) is 100 cm³/mol. The highest BCUT2D eigenvalue weighted by molar-refractivity contribution is 6.33. The van der Waals surface area contributed by atoms with Crippen LogP contribution < -0.4 is 5.32 Å². The number of halogens is 2. The first-order chi connectivity index (χ1) is 12.5. The van der Waals surface area contributed by atoms with E-state index < -0.39 is 0 Å². The molecule has 2 heterocycles. The van der Waals surface area contributed by atoms with Crippen molar-refractivity contribution in [2.75, 3.05) is 19.6 Å². The molecule has 1 atom stereocenters. The van der Waals surface area contributed by atoms with Crippen molar-refractivity contribution >= 4 is 17.5 Å². The molecule has 1 unspecified atom stereocenters. The standard InChI is InChI=1S/C19H24ClFN4O/c1-3-15(24-10-4-5-11-24)12-22-19(26)17-13(2)23-25(18(17)20)16-8-6-14(21)7-9-16/h6-9,15H,3-5,10-12H2,1-2H3,(H,22,26). The molecule has 1 aromatic heterocycles. The summed E-state index contributed by atoms with van der Waals surface area (Å²) in [6, 6.07) is 6.17. The Bertz CT molecular complexity index is 769. The van der Waals surface area contributed by atoms with Crippen LogP contribution in [-0.4, -0.2) is 46.3 Å². The summed E-state index contributed by atoms with van der Waals surface area (Å²) < 4.78 is 14.6. The van der Waals surface area contributed by atoms with Gasteiger partial charge < -0.3 is 5.32 Å². The van der Waals surface area contributed by atoms with Crippen LogP contribution in [0.5, 0.6) is 0 Å². The summed E-state index contributed by atoms with van der Waals surface area (Å²) in [5, 5.41) is 7.59. The van der Waals surface area contributed by atoms with Crippen molar-refractivity contribution in [2.24, 2.45) is 0 Å². The highest BCUT2D eigenvalue weighted by atomic mass is 35.5. The van der Waals surface area contributed by atoms with Crippen LogP contribution in [0.4, 0.5) is 4.39 Å². The number of likely N-dealkylation sites (tertiary alicyclic amines) is 1. The molecule has 1 aliphatic rings. The molecule has 7 heteroatoms. The van der Waals surface area contributed by atoms with Crippen LogP contribution in [-0.2, 0) is 0 Å². The third-order valence-electron chi connectivity index (χ3n) is 4.93. The molecule has 2 aromatic rings. The van der Waals surface area contributed by atoms with Gasteiger partial charge in [-0.15, -0.1) is 0 Å². The SMILES string of the molecule is CCC(CNC(=O)c1c(C)nn(-c2ccc(F)cc2)c1Cl)N1CCCC1. The summed E-state index contributed by atoms with van der Waals surface area (Å²) in [4.78, 5) is 15.1. The van der Waals surface area contributed by atoms with Crippen molar-refractivity contribution in [1.82, 2.24) is 20.0 Å². The molecule has 0 radical (unpaired) electrons. The quantitative estimate of drug-likeness (QED) is 0.835. The highest BCUT2D eigenvalue weighted by Crippen LogP contribution is 2.24. The van der Waals surface area contributed by atoms with Gasteiger partial charge in [-0.2, -0.15) is 5.10 Å². The van der Waals surface area contributed by atoms with Crippen molar-refractivity contribution < 1.29 is 9.18 Å². The van der Waals surface area contributed by atoms with Crippen LogP contribution in [0.2, 0.25) is 5.15 Å². The topological polar surface area (TPSA) is 50.2 Å². The Labute approximate surface area is 158 Å². The summed E-state index contributed by atoms with van der Waals surface area (Å²) >= 11 is 6.41. The normalized spacial score (nSPS) is 16.0. The van der Waals surface area contributed by atoms with Crippen molar-refractivity contribution in [1.29, 1.82) is 0 Å². The van der Waals surface area contributed by atoms with Crippen LogP contribution in [0, 0.1) is 12.7 Å². The number of rotatable bonds is 6. The molecule has 0 aliphatic carbocycles. The van der Waals surface area contributed by atoms with Gasteiger partial charge in [0.2, 0.25) is 0 Å². The lowest BCUT2D eigenvalue weighted by Crippen LogP contribution is -2.42. The maximum Gasteiger partial charge on any atom is 0.256 e. The lowest BCUT2D eigenvalue weighted by atomic mass is 10.2. The zero-order valence-corrected chi connectivity index (χ0v) is 15.9. The third-order valence-corrected chi connectivity index (χ3v) is 5.28. The summed E-state index contributed by atoms with van der Waals surface area (Å²) in [5.74, 6) is -0.558. The van der Waals surface area contributed by atoms with Gasteiger partial charge in [0, 0.05) is 12.6 Å². The molecule has 26 heavy (non-hydrogen) atoms. The molecule has 3 rings (SSSR count). The molecular weight excluding hydrogens is 355 g/mol. The average molecular weight is 379 g/mol. The number of nitrogens with zero attached hydrogens (tertiary/aromatic N) is 3. The number of nitrogens with one attached hydrogen (secondary N) is 1. The van der Waals surface area contributed by atoms with E-state index in [1.807, 2.05) is 0 Å². The number of benzene rings is 1. The minimum atomic E-state index is -0.334. The second kappa shape index (κ2) is 8.18. The lowest BCUT2D eigenvalue weighted by molar-refractivity contribution is 0.0936. The minimum absolute atomic E-state index is 0.224. The van der Waals surface area contributed by atoms with Crippen LogP contribution in [0.15, 0.2) is 24.3 Å². The second-order valence-corrected chi connectivity index (χ2v) is 7.01. The number of aromatic nitrogens is 2. The van der Waals surface area contributed by atoms with Gasteiger partial charge >= 0.3 is 0 Å². The Morgan fingerprint density at radius 3 is 2.58 bits per heavy atom. The zero-order valence-electron chi connectivity index (χ0n) is 15.1. The lowest BCUT2D eigenvalue weighted by Gasteiger charge is -2.26. The van der Waals surface area contributed by atoms with E-state index in [0.717, 1.165) is 19.5 Å². The Morgan fingerprint density at radius 1 is 1.31 bits per heavy atom. The van der Waals surface area contributed by atoms with Gasteiger partial charge in [0.25, 0.3) is 5.91 Å². The van der Waals surface area contributed by atoms with E-state index in [1.165, 1.54) is 29.7 Å². The van der Waals surface area contributed by atoms with E-state index in [9.17, 15) is 9.18 Å². The van der Waals surface area contributed by atoms with Crippen LogP contribution >= 0.6 is 11.6 Å². The molecule has 1 aromatic carbocycles. The summed E-state index contributed by atoms with van der Waals surface area (Å²) in [7, 11) is 0. The van der Waals surface area contributed by atoms with Gasteiger partial charge in [-0.25, -0.2) is 9.07 Å². The number of hydrogen-bond acceptors (Lipinski definition) is 3. The first-order valence-electron chi connectivity index (χ1n) is 9.04. The van der Waals surface area contributed by atoms with Crippen LogP contribution in [0.25, 0.3) is 5.69 Å². The molecule has 1 N–H and O–H groups in total. The molecule has 0 bridgehead atoms. The van der Waals surface area contributed by atoms with Crippen molar-refractivity contribution in [3.05, 3.63) is 46.5 Å². The maximum absolute atomic E-state index is 13.1. The number of hydrogen-bond donors (Lipinski definition) is 1. The largest absolute Gasteiger partial charge is 0.350 e. The van der Waals surface area contributed by atoms with Gasteiger partial charge in [0.05, 0.1) is 16.9 Å². The van der Waals surface area contributed by atoms with Gasteiger partial charge in [0.1, 0.15) is 11.0 Å². The molecule has 1 amide bonds. The van der Waals surface area contributed by atoms with Crippen LogP contribution in [0.1, 0.15) is 42.2 Å². The summed E-state index contributed by atoms with van der Waals surface area (Å²) in [6.07, 6.45) is 3.43. The molecule has 0 saturated carbocycles. The van der Waals surface area contributed by atoms with E-state index in [2.05, 4.69) is 22.2 Å². The Hall–Kier alpha value is -1.92. The van der Waals surface area contributed by atoms with E-state index in [1.54, 1.807) is 19.1 Å². The van der Waals surface area contributed by atoms with Crippen molar-refractivity contribution in [3.8, 4) is 5.69 Å². The van der Waals surface area contributed by atoms with Gasteiger partial charge in [-0.3, -0.25) is 9.69 Å². The Balaban J connectivity index is 1.74. The fraction of sp³-hybridized carbons (Fsp3) is 0.474. The molecular formula is C19H24ClFN4O. The third kappa shape index (κ3) is 3.91. The number of aryl methyl sites for hydroxylation is 1. The smallest absolute Gasteiger partial charge is 0.256 e. The second-order valence-electron chi connectivity index (χ2n) is 6.65. The Morgan fingerprint density at radius 2 is 1.96 bits per heavy atom. The summed E-state index contributed by atoms with van der Waals surface area (Å²) in [6.45, 7) is 6.67. The Kier molecular flexibility index (Phi) is 5.94. The number of carbonyl (C=O) groups is 1. The summed E-state index contributed by atoms with van der Waals surface area (Å²) in [5.41, 5.74) is 1.53. The number of carbonyl (C=O) groups excluding carboxylic acids is 1. The monoisotopic (exact) mass is 378 g/mol. The van der Waals surface area contributed by atoms with E-state index >= 15 is 0 Å². The highest BCUT2D eigenvalue weighted by Gasteiger charge is 2.24.